The molecule has 4 N–H and O–H groups in total. The summed E-state index contributed by atoms with van der Waals surface area (Å²) in [5.74, 6) is 2.33. The topological polar surface area (TPSA) is 170 Å². The van der Waals surface area contributed by atoms with E-state index in [1.807, 2.05) is 80.7 Å². The van der Waals surface area contributed by atoms with Crippen LogP contribution in [0.15, 0.2) is 126 Å². The molecule has 72 heavy (non-hydrogen) atoms. The van der Waals surface area contributed by atoms with Crippen molar-refractivity contribution in [3.63, 3.8) is 0 Å². The summed E-state index contributed by atoms with van der Waals surface area (Å²) in [6, 6.07) is 36.8. The minimum Gasteiger partial charge on any atom is -0.494 e. The van der Waals surface area contributed by atoms with Gasteiger partial charge >= 0.3 is 5.97 Å². The van der Waals surface area contributed by atoms with E-state index in [0.29, 0.717) is 51.9 Å². The lowest BCUT2D eigenvalue weighted by Crippen LogP contribution is -2.48. The first-order valence-corrected chi connectivity index (χ1v) is 24.6. The van der Waals surface area contributed by atoms with Gasteiger partial charge in [-0.05, 0) is 98.5 Å². The maximum absolute atomic E-state index is 12.9. The van der Waals surface area contributed by atoms with Crippen molar-refractivity contribution in [2.75, 3.05) is 85.4 Å². The van der Waals surface area contributed by atoms with Crippen molar-refractivity contribution in [3.05, 3.63) is 154 Å². The molecule has 1 aliphatic heterocycles. The minimum atomic E-state index is -0.457. The summed E-state index contributed by atoms with van der Waals surface area (Å²) >= 11 is 1.75. The number of aromatic hydroxyl groups is 1. The Morgan fingerprint density at radius 3 is 2.28 bits per heavy atom. The fourth-order valence-electron chi connectivity index (χ4n) is 8.68. The number of likely N-dealkylation sites (N-methyl/N-ethyl adjacent to an activating group) is 2. The number of amides is 1. The number of carbonyl (C=O) groups is 2. The molecule has 0 bridgehead atoms. The van der Waals surface area contributed by atoms with Crippen molar-refractivity contribution in [3.8, 4) is 28.5 Å². The fraction of sp³-hybridized carbons (Fsp3) is 0.268. The third-order valence-electron chi connectivity index (χ3n) is 12.7. The summed E-state index contributed by atoms with van der Waals surface area (Å²) in [5.41, 5.74) is 8.94. The van der Waals surface area contributed by atoms with E-state index >= 15 is 0 Å². The molecule has 15 nitrogen and oxygen atoms in total. The summed E-state index contributed by atoms with van der Waals surface area (Å²) in [6.07, 6.45) is 0. The minimum absolute atomic E-state index is 0.0424. The van der Waals surface area contributed by atoms with Crippen LogP contribution < -0.4 is 25.0 Å². The van der Waals surface area contributed by atoms with Crippen LogP contribution in [0, 0.1) is 6.92 Å². The Morgan fingerprint density at radius 1 is 0.861 bits per heavy atom. The number of anilines is 2. The normalized spacial score (nSPS) is 13.6. The number of aromatic amines is 1. The summed E-state index contributed by atoms with van der Waals surface area (Å²) in [4.78, 5) is 49.5. The maximum atomic E-state index is 12.9. The first kappa shape index (κ1) is 50.7. The third-order valence-corrected chi connectivity index (χ3v) is 13.8. The predicted octanol–water partition coefficient (Wildman–Crippen LogP) is 9.62. The van der Waals surface area contributed by atoms with E-state index in [-0.39, 0.29) is 17.8 Å². The van der Waals surface area contributed by atoms with Crippen LogP contribution in [0.1, 0.15) is 50.7 Å². The van der Waals surface area contributed by atoms with Crippen LogP contribution in [0.25, 0.3) is 32.9 Å². The number of rotatable bonds is 15. The second kappa shape index (κ2) is 23.1. The van der Waals surface area contributed by atoms with Crippen LogP contribution in [-0.2, 0) is 16.1 Å². The molecule has 1 amide bonds. The molecule has 16 heteroatoms. The lowest BCUT2D eigenvalue weighted by Gasteiger charge is -2.32. The Balaban J connectivity index is 0.000000197. The van der Waals surface area contributed by atoms with Gasteiger partial charge in [0.25, 0.3) is 0 Å². The number of nitrogens with zero attached hydrogens (tertiary/aromatic N) is 6. The largest absolute Gasteiger partial charge is 0.494 e. The van der Waals surface area contributed by atoms with Crippen molar-refractivity contribution >= 4 is 67.9 Å². The van der Waals surface area contributed by atoms with E-state index in [4.69, 9.17) is 19.2 Å². The zero-order valence-electron chi connectivity index (χ0n) is 41.9. The number of methoxy groups -OCH3 is 3. The Hall–Kier alpha value is -7.63. The molecule has 5 aromatic carbocycles. The van der Waals surface area contributed by atoms with Gasteiger partial charge in [0, 0.05) is 78.3 Å². The molecule has 0 spiro atoms. The van der Waals surface area contributed by atoms with E-state index in [1.165, 1.54) is 28.7 Å². The highest BCUT2D eigenvalue weighted by molar-refractivity contribution is 7.10. The summed E-state index contributed by atoms with van der Waals surface area (Å²) in [5, 5.41) is 21.6. The maximum Gasteiger partial charge on any atom is 0.337 e. The van der Waals surface area contributed by atoms with Crippen LogP contribution in [0.4, 0.5) is 17.2 Å². The Labute approximate surface area is 424 Å². The van der Waals surface area contributed by atoms with Gasteiger partial charge in [0.2, 0.25) is 5.91 Å². The zero-order valence-corrected chi connectivity index (χ0v) is 42.8. The van der Waals surface area contributed by atoms with E-state index < -0.39 is 5.97 Å². The molecule has 1 unspecified atom stereocenters. The number of H-pyrrole nitrogens is 1. The first-order valence-electron chi connectivity index (χ1n) is 23.7. The summed E-state index contributed by atoms with van der Waals surface area (Å²) < 4.78 is 15.8. The van der Waals surface area contributed by atoms with Crippen LogP contribution in [0.5, 0.6) is 17.4 Å². The van der Waals surface area contributed by atoms with Crippen molar-refractivity contribution in [2.45, 2.75) is 26.4 Å². The highest BCUT2D eigenvalue weighted by Gasteiger charge is 2.23. The number of fused-ring (bicyclic) bond motifs is 2. The smallest absolute Gasteiger partial charge is 0.337 e. The molecule has 8 aromatic rings. The van der Waals surface area contributed by atoms with Gasteiger partial charge in [0.15, 0.2) is 17.4 Å². The van der Waals surface area contributed by atoms with Crippen molar-refractivity contribution in [1.29, 1.82) is 0 Å². The molecule has 1 atom stereocenters. The van der Waals surface area contributed by atoms with Gasteiger partial charge in [-0.15, -0.1) is 11.3 Å². The predicted molar refractivity (Wildman–Crippen MR) is 289 cm³/mol. The molecule has 0 aliphatic carbocycles. The quantitative estimate of drug-likeness (QED) is 0.0568. The molecule has 1 aliphatic rings. The van der Waals surface area contributed by atoms with Crippen LogP contribution in [-0.4, -0.2) is 123 Å². The number of benzene rings is 5. The standard InChI is InChI=1S/C31H33N5O4.C25H28N4O2S/c1-34-15-17-36(18-16-34)20-27(37)35(2)24-12-10-23(11-13-24)32-29(21-7-5-4-6-8-21)28-25-14-9-22(31(39)40-3)19-26(25)33-30(28)38;1-15(24-10-18(14-32-24)19-9-7-6-8-17(19)13-26-3)27-25-20-11-22(30-4)23(31-5)12-21(20)28-16(2)29-25/h4-14,19,33,38H,15-18,20H2,1-3H3;6-12,14-15,26H,13H2,1-5H3,(H,27,28,29). The fourth-order valence-corrected chi connectivity index (χ4v) is 9.60. The third kappa shape index (κ3) is 11.6. The van der Waals surface area contributed by atoms with Gasteiger partial charge in [-0.25, -0.2) is 19.8 Å². The average Bonchev–Trinajstić information content (AvgIpc) is 4.03. The van der Waals surface area contributed by atoms with E-state index in [1.54, 1.807) is 55.7 Å². The molecule has 1 fully saturated rings. The molecule has 0 saturated carbocycles. The SMILES string of the molecule is CNCc1ccccc1-c1csc(C(C)Nc2nc(C)nc3cc(OC)c(OC)cc23)c1.COC(=O)c1ccc2c(C(=Nc3ccc(N(C)C(=O)CN4CCN(C)CC4)cc3)c3ccccc3)c(O)[nH]c2c1. The second-order valence-electron chi connectivity index (χ2n) is 17.6. The van der Waals surface area contributed by atoms with Gasteiger partial charge < -0.3 is 44.7 Å². The Morgan fingerprint density at radius 2 is 1.57 bits per heavy atom. The van der Waals surface area contributed by atoms with E-state index in [0.717, 1.165) is 66.1 Å². The molecular formula is C56H61N9O6S. The summed E-state index contributed by atoms with van der Waals surface area (Å²) in [6.45, 7) is 8.98. The molecule has 9 rings (SSSR count). The number of piperazine rings is 1. The van der Waals surface area contributed by atoms with E-state index in [2.05, 4.69) is 85.1 Å². The lowest BCUT2D eigenvalue weighted by molar-refractivity contribution is -0.119. The number of hydrogen-bond donors (Lipinski definition) is 4. The van der Waals surface area contributed by atoms with Gasteiger partial charge in [-0.1, -0.05) is 60.7 Å². The molecule has 0 radical (unpaired) electrons. The van der Waals surface area contributed by atoms with Crippen molar-refractivity contribution in [1.82, 2.24) is 30.1 Å². The molecule has 4 heterocycles. The lowest BCUT2D eigenvalue weighted by atomic mass is 10.00. The first-order chi connectivity index (χ1) is 34.9. The molecule has 3 aromatic heterocycles. The van der Waals surface area contributed by atoms with Crippen LogP contribution in [0.2, 0.25) is 0 Å². The molecular weight excluding hydrogens is 927 g/mol. The zero-order chi connectivity index (χ0) is 50.9. The number of hydrogen-bond acceptors (Lipinski definition) is 14. The van der Waals surface area contributed by atoms with Gasteiger partial charge in [-0.3, -0.25) is 9.69 Å². The Kier molecular flexibility index (Phi) is 16.3. The van der Waals surface area contributed by atoms with Gasteiger partial charge in [-0.2, -0.15) is 0 Å². The van der Waals surface area contributed by atoms with Gasteiger partial charge in [0.05, 0.1) is 62.0 Å². The van der Waals surface area contributed by atoms with Gasteiger partial charge in [0.1, 0.15) is 11.6 Å². The number of nitrogens with one attached hydrogen (secondary N) is 3. The highest BCUT2D eigenvalue weighted by atomic mass is 32.1. The number of carbonyl (C=O) groups excluding carboxylic acids is 2. The number of aromatic nitrogens is 3. The highest BCUT2D eigenvalue weighted by Crippen LogP contribution is 2.38. The number of ether oxygens (including phenoxy) is 3. The van der Waals surface area contributed by atoms with E-state index in [9.17, 15) is 14.7 Å². The monoisotopic (exact) mass is 987 g/mol. The number of esters is 1. The second-order valence-corrected chi connectivity index (χ2v) is 18.6. The van der Waals surface area contributed by atoms with Crippen LogP contribution >= 0.6 is 11.3 Å². The molecule has 372 valence electrons. The molecule has 1 saturated heterocycles. The summed E-state index contributed by atoms with van der Waals surface area (Å²) in [7, 11) is 10.4. The van der Waals surface area contributed by atoms with Crippen molar-refractivity contribution in [2.24, 2.45) is 4.99 Å². The number of aliphatic imine (C=N–C) groups is 1. The number of thiophene rings is 1. The average molecular weight is 988 g/mol. The van der Waals surface area contributed by atoms with Crippen molar-refractivity contribution < 1.29 is 28.9 Å². The van der Waals surface area contributed by atoms with Crippen LogP contribution in [0.3, 0.4) is 0 Å². The number of aryl methyl sites for hydroxylation is 1. The Bertz CT molecular complexity index is 3200.